The van der Waals surface area contributed by atoms with Crippen molar-refractivity contribution in [2.45, 2.75) is 26.5 Å². The minimum Gasteiger partial charge on any atom is -0.445 e. The van der Waals surface area contributed by atoms with Gasteiger partial charge < -0.3 is 10.1 Å². The third-order valence-electron chi connectivity index (χ3n) is 4.26. The maximum atomic E-state index is 12.7. The zero-order valence-electron chi connectivity index (χ0n) is 14.9. The predicted molar refractivity (Wildman–Crippen MR) is 104 cm³/mol. The van der Waals surface area contributed by atoms with Crippen LogP contribution in [0.5, 0.6) is 0 Å². The van der Waals surface area contributed by atoms with E-state index in [9.17, 15) is 9.59 Å². The number of hydrogen-bond donors (Lipinski definition) is 1. The number of hydrogen-bond acceptors (Lipinski definition) is 4. The van der Waals surface area contributed by atoms with Gasteiger partial charge in [0.1, 0.15) is 12.6 Å². The third kappa shape index (κ3) is 4.38. The summed E-state index contributed by atoms with van der Waals surface area (Å²) in [6.07, 6.45) is -0.459. The van der Waals surface area contributed by atoms with E-state index < -0.39 is 12.1 Å². The van der Waals surface area contributed by atoms with Gasteiger partial charge in [0.25, 0.3) is 0 Å². The van der Waals surface area contributed by atoms with Gasteiger partial charge in [0.15, 0.2) is 0 Å². The van der Waals surface area contributed by atoms with Crippen LogP contribution in [0.2, 0.25) is 0 Å². The Bertz CT molecular complexity index is 795. The quantitative estimate of drug-likeness (QED) is 0.885. The van der Waals surface area contributed by atoms with Crippen LogP contribution in [0.25, 0.3) is 0 Å². The van der Waals surface area contributed by atoms with Crippen LogP contribution >= 0.6 is 11.8 Å². The van der Waals surface area contributed by atoms with Crippen LogP contribution < -0.4 is 5.32 Å². The van der Waals surface area contributed by atoms with E-state index in [2.05, 4.69) is 5.32 Å². The minimum atomic E-state index is -0.524. The third-order valence-corrected chi connectivity index (χ3v) is 5.28. The summed E-state index contributed by atoms with van der Waals surface area (Å²) in [7, 11) is 0. The number of rotatable bonds is 4. The zero-order valence-corrected chi connectivity index (χ0v) is 15.7. The first-order valence-corrected chi connectivity index (χ1v) is 9.63. The first-order valence-electron chi connectivity index (χ1n) is 8.48. The van der Waals surface area contributed by atoms with E-state index in [1.165, 1.54) is 4.90 Å². The van der Waals surface area contributed by atoms with Gasteiger partial charge in [-0.3, -0.25) is 9.69 Å². The summed E-state index contributed by atoms with van der Waals surface area (Å²) >= 11 is 1.55. The van der Waals surface area contributed by atoms with E-state index in [4.69, 9.17) is 4.74 Å². The van der Waals surface area contributed by atoms with E-state index in [1.807, 2.05) is 62.4 Å². The number of carbonyl (C=O) groups excluding carboxylic acids is 2. The molecule has 0 bridgehead atoms. The zero-order chi connectivity index (χ0) is 18.5. The second-order valence-corrected chi connectivity index (χ2v) is 7.33. The summed E-state index contributed by atoms with van der Waals surface area (Å²) in [4.78, 5) is 26.6. The highest BCUT2D eigenvalue weighted by atomic mass is 32.2. The number of carbonyl (C=O) groups is 2. The Balaban J connectivity index is 1.61. The highest BCUT2D eigenvalue weighted by Crippen LogP contribution is 2.24. The molecule has 1 aliphatic rings. The predicted octanol–water partition coefficient (Wildman–Crippen LogP) is 3.95. The van der Waals surface area contributed by atoms with Crippen LogP contribution in [0.4, 0.5) is 10.5 Å². The minimum absolute atomic E-state index is 0.182. The molecule has 5 nitrogen and oxygen atoms in total. The number of aryl methyl sites for hydroxylation is 2. The van der Waals surface area contributed by atoms with Crippen LogP contribution in [0.15, 0.2) is 48.5 Å². The molecule has 1 saturated heterocycles. The van der Waals surface area contributed by atoms with Crippen LogP contribution in [-0.4, -0.2) is 34.6 Å². The lowest BCUT2D eigenvalue weighted by Gasteiger charge is -2.23. The Kier molecular flexibility index (Phi) is 5.83. The SMILES string of the molecule is Cc1ccc(NC(=O)[C@@H]2CSCN2C(=O)OCc2ccccc2)c(C)c1. The maximum absolute atomic E-state index is 12.7. The lowest BCUT2D eigenvalue weighted by atomic mass is 10.1. The summed E-state index contributed by atoms with van der Waals surface area (Å²) in [6, 6.07) is 14.8. The van der Waals surface area contributed by atoms with Gasteiger partial charge in [-0.15, -0.1) is 11.8 Å². The number of anilines is 1. The van der Waals surface area contributed by atoms with E-state index in [1.54, 1.807) is 11.8 Å². The molecule has 26 heavy (non-hydrogen) atoms. The number of benzene rings is 2. The molecule has 3 rings (SSSR count). The number of nitrogens with zero attached hydrogens (tertiary/aromatic N) is 1. The average Bonchev–Trinajstić information content (AvgIpc) is 3.13. The summed E-state index contributed by atoms with van der Waals surface area (Å²) in [5, 5.41) is 2.94. The van der Waals surface area contributed by atoms with Crippen molar-refractivity contribution in [3.05, 3.63) is 65.2 Å². The lowest BCUT2D eigenvalue weighted by Crippen LogP contribution is -2.44. The van der Waals surface area contributed by atoms with Gasteiger partial charge in [0, 0.05) is 11.4 Å². The lowest BCUT2D eigenvalue weighted by molar-refractivity contribution is -0.119. The van der Waals surface area contributed by atoms with Crippen molar-refractivity contribution in [2.24, 2.45) is 0 Å². The van der Waals surface area contributed by atoms with Crippen LogP contribution in [-0.2, 0) is 16.1 Å². The van der Waals surface area contributed by atoms with Crippen molar-refractivity contribution < 1.29 is 14.3 Å². The summed E-state index contributed by atoms with van der Waals surface area (Å²) in [6.45, 7) is 4.17. The van der Waals surface area contributed by atoms with Crippen molar-refractivity contribution >= 4 is 29.4 Å². The Hall–Kier alpha value is -2.47. The smallest absolute Gasteiger partial charge is 0.411 e. The van der Waals surface area contributed by atoms with Gasteiger partial charge in [-0.05, 0) is 31.0 Å². The molecule has 0 aliphatic carbocycles. The Morgan fingerprint density at radius 2 is 1.96 bits per heavy atom. The molecule has 1 N–H and O–H groups in total. The van der Waals surface area contributed by atoms with Gasteiger partial charge in [-0.2, -0.15) is 0 Å². The van der Waals surface area contributed by atoms with Crippen molar-refractivity contribution in [3.8, 4) is 0 Å². The molecule has 136 valence electrons. The Morgan fingerprint density at radius 3 is 2.69 bits per heavy atom. The fourth-order valence-corrected chi connectivity index (χ4v) is 3.95. The molecular formula is C20H22N2O3S. The standard InChI is InChI=1S/C20H22N2O3S/c1-14-8-9-17(15(2)10-14)21-19(23)18-12-26-13-22(18)20(24)25-11-16-6-4-3-5-7-16/h3-10,18H,11-13H2,1-2H3,(H,21,23)/t18-/m0/s1. The summed E-state index contributed by atoms with van der Waals surface area (Å²) in [5.74, 6) is 0.842. The Labute approximate surface area is 157 Å². The molecule has 2 aromatic rings. The molecule has 1 fully saturated rings. The highest BCUT2D eigenvalue weighted by Gasteiger charge is 2.35. The van der Waals surface area contributed by atoms with Crippen LogP contribution in [0.1, 0.15) is 16.7 Å². The number of ether oxygens (including phenoxy) is 1. The van der Waals surface area contributed by atoms with E-state index in [0.717, 1.165) is 22.4 Å². The highest BCUT2D eigenvalue weighted by molar-refractivity contribution is 7.99. The fourth-order valence-electron chi connectivity index (χ4n) is 2.81. The van der Waals surface area contributed by atoms with Crippen LogP contribution in [0, 0.1) is 13.8 Å². The largest absolute Gasteiger partial charge is 0.445 e. The maximum Gasteiger partial charge on any atom is 0.411 e. The molecule has 0 spiro atoms. The summed E-state index contributed by atoms with van der Waals surface area (Å²) < 4.78 is 5.38. The number of thioether (sulfide) groups is 1. The Morgan fingerprint density at radius 1 is 1.19 bits per heavy atom. The van der Waals surface area contributed by atoms with E-state index >= 15 is 0 Å². The average molecular weight is 370 g/mol. The monoisotopic (exact) mass is 370 g/mol. The number of nitrogens with one attached hydrogen (secondary N) is 1. The van der Waals surface area contributed by atoms with Gasteiger partial charge in [-0.25, -0.2) is 4.79 Å². The second-order valence-electron chi connectivity index (χ2n) is 6.33. The molecule has 1 atom stereocenters. The molecule has 0 radical (unpaired) electrons. The van der Waals surface area contributed by atoms with Gasteiger partial charge in [0.05, 0.1) is 5.88 Å². The van der Waals surface area contributed by atoms with Crippen LogP contribution in [0.3, 0.4) is 0 Å². The normalized spacial score (nSPS) is 16.4. The van der Waals surface area contributed by atoms with Crippen molar-refractivity contribution in [3.63, 3.8) is 0 Å². The second kappa shape index (κ2) is 8.27. The molecule has 0 aromatic heterocycles. The molecule has 1 aliphatic heterocycles. The van der Waals surface area contributed by atoms with Crippen molar-refractivity contribution in [1.29, 1.82) is 0 Å². The molecule has 0 saturated carbocycles. The molecule has 1 heterocycles. The fraction of sp³-hybridized carbons (Fsp3) is 0.300. The number of amides is 2. The van der Waals surface area contributed by atoms with Gasteiger partial charge in [-0.1, -0.05) is 48.0 Å². The summed E-state index contributed by atoms with van der Waals surface area (Å²) in [5.41, 5.74) is 3.84. The van der Waals surface area contributed by atoms with Crippen molar-refractivity contribution in [2.75, 3.05) is 16.9 Å². The molecular weight excluding hydrogens is 348 g/mol. The first-order chi connectivity index (χ1) is 12.5. The topological polar surface area (TPSA) is 58.6 Å². The van der Waals surface area contributed by atoms with Gasteiger partial charge >= 0.3 is 6.09 Å². The van der Waals surface area contributed by atoms with E-state index in [-0.39, 0.29) is 12.5 Å². The van der Waals surface area contributed by atoms with Gasteiger partial charge in [0.2, 0.25) is 5.91 Å². The molecule has 2 amide bonds. The first kappa shape index (κ1) is 18.3. The van der Waals surface area contributed by atoms with Crippen molar-refractivity contribution in [1.82, 2.24) is 4.90 Å². The molecule has 0 unspecified atom stereocenters. The molecule has 2 aromatic carbocycles. The molecule has 6 heteroatoms. The van der Waals surface area contributed by atoms with E-state index in [0.29, 0.717) is 11.6 Å².